The van der Waals surface area contributed by atoms with Gasteiger partial charge in [0.15, 0.2) is 0 Å². The summed E-state index contributed by atoms with van der Waals surface area (Å²) in [6, 6.07) is 0.560. The zero-order valence-electron chi connectivity index (χ0n) is 4.86. The first-order valence-electron chi connectivity index (χ1n) is 2.97. The molecule has 0 spiro atoms. The highest BCUT2D eigenvalue weighted by Crippen LogP contribution is 2.12. The third-order valence-corrected chi connectivity index (χ3v) is 1.50. The van der Waals surface area contributed by atoms with Gasteiger partial charge in [0.05, 0.1) is 6.04 Å². The topological polar surface area (TPSA) is 36.8 Å². The van der Waals surface area contributed by atoms with E-state index in [0.717, 1.165) is 0 Å². The van der Waals surface area contributed by atoms with Gasteiger partial charge in [0, 0.05) is 0 Å². The lowest BCUT2D eigenvalue weighted by Crippen LogP contribution is -2.27. The molecule has 46 valence electrons. The van der Waals surface area contributed by atoms with E-state index in [1.807, 2.05) is 18.2 Å². The average molecular weight is 121 g/mol. The Morgan fingerprint density at radius 3 is 3.00 bits per heavy atom. The Morgan fingerprint density at radius 1 is 1.22 bits per heavy atom. The zero-order valence-corrected chi connectivity index (χ0v) is 4.86. The van der Waals surface area contributed by atoms with Crippen molar-refractivity contribution in [2.24, 2.45) is 10.3 Å². The second kappa shape index (κ2) is 1.69. The van der Waals surface area contributed by atoms with Crippen molar-refractivity contribution in [3.05, 3.63) is 24.3 Å². The van der Waals surface area contributed by atoms with Crippen molar-refractivity contribution in [1.29, 1.82) is 0 Å². The lowest BCUT2D eigenvalue weighted by Gasteiger charge is -2.09. The van der Waals surface area contributed by atoms with Crippen molar-refractivity contribution in [3.8, 4) is 0 Å². The minimum Gasteiger partial charge on any atom is -0.282 e. The summed E-state index contributed by atoms with van der Waals surface area (Å²) in [7, 11) is 0. The van der Waals surface area contributed by atoms with Crippen LogP contribution in [0.2, 0.25) is 0 Å². The van der Waals surface area contributed by atoms with Crippen molar-refractivity contribution >= 4 is 0 Å². The molecule has 2 rings (SSSR count). The molecule has 1 aliphatic carbocycles. The molecule has 0 radical (unpaired) electrons. The highest BCUT2D eigenvalue weighted by Gasteiger charge is 2.21. The van der Waals surface area contributed by atoms with Crippen molar-refractivity contribution in [2.45, 2.75) is 12.1 Å². The smallest absolute Gasteiger partial charge is 0.117 e. The summed E-state index contributed by atoms with van der Waals surface area (Å²) in [6.07, 6.45) is 8.09. The number of rotatable bonds is 0. The van der Waals surface area contributed by atoms with Crippen LogP contribution in [-0.4, -0.2) is 12.1 Å². The lowest BCUT2D eigenvalue weighted by atomic mass is 10.1. The Bertz CT molecular complexity index is 192. The van der Waals surface area contributed by atoms with E-state index in [9.17, 15) is 0 Å². The second-order valence-electron chi connectivity index (χ2n) is 2.13. The summed E-state index contributed by atoms with van der Waals surface area (Å²) in [5.74, 6) is 0. The van der Waals surface area contributed by atoms with Crippen LogP contribution in [0, 0.1) is 0 Å². The van der Waals surface area contributed by atoms with Gasteiger partial charge in [0.1, 0.15) is 6.04 Å². The van der Waals surface area contributed by atoms with Crippen LogP contribution in [0.3, 0.4) is 0 Å². The third kappa shape index (κ3) is 0.650. The molecule has 3 nitrogen and oxygen atoms in total. The van der Waals surface area contributed by atoms with Crippen LogP contribution < -0.4 is 5.43 Å². The monoisotopic (exact) mass is 121 g/mol. The summed E-state index contributed by atoms with van der Waals surface area (Å²) in [5, 5.41) is 7.63. The Kier molecular flexibility index (Phi) is 0.886. The minimum atomic E-state index is 0.245. The normalized spacial score (nSPS) is 36.4. The zero-order chi connectivity index (χ0) is 6.10. The van der Waals surface area contributed by atoms with Crippen molar-refractivity contribution < 1.29 is 0 Å². The van der Waals surface area contributed by atoms with E-state index in [0.29, 0.717) is 6.04 Å². The van der Waals surface area contributed by atoms with E-state index >= 15 is 0 Å². The predicted octanol–water partition coefficient (Wildman–Crippen LogP) is 0.820. The van der Waals surface area contributed by atoms with Crippen LogP contribution in [0.25, 0.3) is 0 Å². The molecule has 2 aliphatic rings. The van der Waals surface area contributed by atoms with Crippen LogP contribution in [0.5, 0.6) is 0 Å². The number of hydrogen-bond acceptors (Lipinski definition) is 3. The first kappa shape index (κ1) is 4.73. The number of fused-ring (bicyclic) bond motifs is 1. The maximum Gasteiger partial charge on any atom is 0.117 e. The lowest BCUT2D eigenvalue weighted by molar-refractivity contribution is 0.659. The first-order valence-corrected chi connectivity index (χ1v) is 2.97. The van der Waals surface area contributed by atoms with Crippen LogP contribution in [0.15, 0.2) is 34.6 Å². The maximum absolute atomic E-state index is 3.93. The number of hydrogen-bond donors (Lipinski definition) is 1. The Morgan fingerprint density at radius 2 is 2.11 bits per heavy atom. The molecule has 9 heavy (non-hydrogen) atoms. The van der Waals surface area contributed by atoms with Gasteiger partial charge >= 0.3 is 0 Å². The SMILES string of the molecule is C1=CC2N=NNC2C=C1. The van der Waals surface area contributed by atoms with Gasteiger partial charge < -0.3 is 0 Å². The molecular weight excluding hydrogens is 114 g/mol. The number of nitrogens with one attached hydrogen (secondary N) is 1. The van der Waals surface area contributed by atoms with E-state index in [2.05, 4.69) is 21.8 Å². The summed E-state index contributed by atoms with van der Waals surface area (Å²) in [4.78, 5) is 0. The highest BCUT2D eigenvalue weighted by atomic mass is 15.5. The molecule has 1 heterocycles. The van der Waals surface area contributed by atoms with Crippen LogP contribution in [0.1, 0.15) is 0 Å². The van der Waals surface area contributed by atoms with Gasteiger partial charge in [-0.3, -0.25) is 5.43 Å². The van der Waals surface area contributed by atoms with Crippen molar-refractivity contribution in [2.75, 3.05) is 0 Å². The maximum atomic E-state index is 3.93. The van der Waals surface area contributed by atoms with Gasteiger partial charge in [-0.2, -0.15) is 5.11 Å². The highest BCUT2D eigenvalue weighted by molar-refractivity contribution is 5.20. The Hall–Kier alpha value is -1.12. The predicted molar refractivity (Wildman–Crippen MR) is 33.8 cm³/mol. The average Bonchev–Trinajstić information content (AvgIpc) is 2.33. The van der Waals surface area contributed by atoms with Crippen molar-refractivity contribution in [1.82, 2.24) is 5.43 Å². The molecule has 1 aliphatic heterocycles. The molecule has 2 unspecified atom stereocenters. The molecule has 0 bridgehead atoms. The van der Waals surface area contributed by atoms with Gasteiger partial charge in [0.2, 0.25) is 0 Å². The van der Waals surface area contributed by atoms with Crippen molar-refractivity contribution in [3.63, 3.8) is 0 Å². The van der Waals surface area contributed by atoms with Crippen LogP contribution in [0.4, 0.5) is 0 Å². The molecule has 3 heteroatoms. The molecule has 0 aromatic heterocycles. The molecule has 0 saturated carbocycles. The fraction of sp³-hybridized carbons (Fsp3) is 0.333. The third-order valence-electron chi connectivity index (χ3n) is 1.50. The summed E-state index contributed by atoms with van der Waals surface area (Å²) >= 11 is 0. The standard InChI is InChI=1S/C6H7N3/c1-2-4-6-5(3-1)7-9-8-6/h1-6H,(H,7,8). The van der Waals surface area contributed by atoms with Gasteiger partial charge in [-0.1, -0.05) is 29.5 Å². The molecule has 0 saturated heterocycles. The van der Waals surface area contributed by atoms with Gasteiger partial charge in [-0.05, 0) is 0 Å². The quantitative estimate of drug-likeness (QED) is 0.506. The summed E-state index contributed by atoms with van der Waals surface area (Å²) in [5.41, 5.74) is 2.88. The molecule has 2 atom stereocenters. The van der Waals surface area contributed by atoms with Gasteiger partial charge in [0.25, 0.3) is 0 Å². The Balaban J connectivity index is 2.25. The Labute approximate surface area is 53.1 Å². The summed E-state index contributed by atoms with van der Waals surface area (Å²) < 4.78 is 0. The number of allylic oxidation sites excluding steroid dienone is 2. The van der Waals surface area contributed by atoms with E-state index in [4.69, 9.17) is 0 Å². The van der Waals surface area contributed by atoms with E-state index in [1.54, 1.807) is 0 Å². The molecular formula is C6H7N3. The van der Waals surface area contributed by atoms with E-state index in [1.165, 1.54) is 0 Å². The molecule has 0 fully saturated rings. The number of nitrogens with zero attached hydrogens (tertiary/aromatic N) is 2. The fourth-order valence-electron chi connectivity index (χ4n) is 0.992. The summed E-state index contributed by atoms with van der Waals surface area (Å²) in [6.45, 7) is 0. The van der Waals surface area contributed by atoms with E-state index in [-0.39, 0.29) is 6.04 Å². The van der Waals surface area contributed by atoms with Gasteiger partial charge in [-0.25, -0.2) is 0 Å². The first-order chi connectivity index (χ1) is 4.47. The van der Waals surface area contributed by atoms with Gasteiger partial charge in [-0.15, -0.1) is 0 Å². The second-order valence-corrected chi connectivity index (χ2v) is 2.13. The fourth-order valence-corrected chi connectivity index (χ4v) is 0.992. The molecule has 1 N–H and O–H groups in total. The van der Waals surface area contributed by atoms with Crippen LogP contribution >= 0.6 is 0 Å². The van der Waals surface area contributed by atoms with Crippen LogP contribution in [-0.2, 0) is 0 Å². The van der Waals surface area contributed by atoms with E-state index < -0.39 is 0 Å². The largest absolute Gasteiger partial charge is 0.282 e. The molecule has 0 aromatic carbocycles. The molecule has 0 amide bonds. The minimum absolute atomic E-state index is 0.245. The molecule has 0 aromatic rings.